The van der Waals surface area contributed by atoms with E-state index in [0.717, 1.165) is 25.5 Å². The van der Waals surface area contributed by atoms with Gasteiger partial charge in [0.25, 0.3) is 0 Å². The van der Waals surface area contributed by atoms with Crippen molar-refractivity contribution in [3.05, 3.63) is 48.0 Å². The van der Waals surface area contributed by atoms with Crippen molar-refractivity contribution in [2.45, 2.75) is 52.9 Å². The summed E-state index contributed by atoms with van der Waals surface area (Å²) in [6, 6.07) is 10.4. The molecule has 0 radical (unpaired) electrons. The minimum absolute atomic E-state index is 0.265. The van der Waals surface area contributed by atoms with Gasteiger partial charge < -0.3 is 4.79 Å². The Bertz CT molecular complexity index is 407. The van der Waals surface area contributed by atoms with E-state index in [0.29, 0.717) is 5.92 Å². The normalized spacial score (nSPS) is 15.9. The fourth-order valence-electron chi connectivity index (χ4n) is 2.29. The second-order valence-electron chi connectivity index (χ2n) is 5.97. The number of allylic oxidation sites excluding steroid dienone is 2. The highest BCUT2D eigenvalue weighted by Crippen LogP contribution is 2.31. The second kappa shape index (κ2) is 8.73. The van der Waals surface area contributed by atoms with Crippen molar-refractivity contribution in [1.82, 2.24) is 0 Å². The molecule has 2 atom stereocenters. The van der Waals surface area contributed by atoms with Crippen LogP contribution in [-0.2, 0) is 11.2 Å². The standard InChI is InChI=1S/C19H28O/c1-4-5-6-8-11-17(2)19(3,16-20)15-14-18-12-9-7-10-13-18/h7-13,16-17H,4-6,14-15H2,1-3H3/b11-8+/t17-,19-/m0/s1. The molecule has 1 heteroatoms. The van der Waals surface area contributed by atoms with E-state index in [2.05, 4.69) is 57.2 Å². The molecule has 0 spiro atoms. The van der Waals surface area contributed by atoms with Gasteiger partial charge in [-0.05, 0) is 30.7 Å². The maximum absolute atomic E-state index is 11.5. The van der Waals surface area contributed by atoms with Crippen LogP contribution in [0.2, 0.25) is 0 Å². The summed E-state index contributed by atoms with van der Waals surface area (Å²) >= 11 is 0. The van der Waals surface area contributed by atoms with Crippen LogP contribution in [0.3, 0.4) is 0 Å². The largest absolute Gasteiger partial charge is 0.303 e. The van der Waals surface area contributed by atoms with Crippen LogP contribution in [0.1, 0.15) is 52.0 Å². The molecule has 20 heavy (non-hydrogen) atoms. The summed E-state index contributed by atoms with van der Waals surface area (Å²) < 4.78 is 0. The number of benzene rings is 1. The Morgan fingerprint density at radius 3 is 2.55 bits per heavy atom. The third kappa shape index (κ3) is 5.32. The van der Waals surface area contributed by atoms with Crippen LogP contribution in [0.25, 0.3) is 0 Å². The fourth-order valence-corrected chi connectivity index (χ4v) is 2.29. The predicted octanol–water partition coefficient (Wildman–Crippen LogP) is 5.21. The van der Waals surface area contributed by atoms with Gasteiger partial charge in [0.15, 0.2) is 0 Å². The van der Waals surface area contributed by atoms with Gasteiger partial charge in [-0.3, -0.25) is 0 Å². The molecule has 0 unspecified atom stereocenters. The number of hydrogen-bond donors (Lipinski definition) is 0. The predicted molar refractivity (Wildman–Crippen MR) is 86.8 cm³/mol. The van der Waals surface area contributed by atoms with Crippen molar-refractivity contribution in [3.63, 3.8) is 0 Å². The summed E-state index contributed by atoms with van der Waals surface area (Å²) in [6.45, 7) is 6.44. The lowest BCUT2D eigenvalue weighted by Crippen LogP contribution is -2.26. The third-order valence-corrected chi connectivity index (χ3v) is 4.25. The summed E-state index contributed by atoms with van der Waals surface area (Å²) in [7, 11) is 0. The van der Waals surface area contributed by atoms with Gasteiger partial charge in [-0.2, -0.15) is 0 Å². The number of carbonyl (C=O) groups is 1. The smallest absolute Gasteiger partial charge is 0.126 e. The van der Waals surface area contributed by atoms with Crippen molar-refractivity contribution >= 4 is 6.29 Å². The lowest BCUT2D eigenvalue weighted by molar-refractivity contribution is -0.117. The molecule has 1 nitrogen and oxygen atoms in total. The Labute approximate surface area is 124 Å². The number of carbonyl (C=O) groups excluding carboxylic acids is 1. The number of unbranched alkanes of at least 4 members (excludes halogenated alkanes) is 2. The number of hydrogen-bond acceptors (Lipinski definition) is 1. The van der Waals surface area contributed by atoms with Crippen molar-refractivity contribution in [2.75, 3.05) is 0 Å². The molecule has 1 rings (SSSR count). The van der Waals surface area contributed by atoms with Crippen LogP contribution in [0, 0.1) is 11.3 Å². The van der Waals surface area contributed by atoms with Crippen LogP contribution in [0.15, 0.2) is 42.5 Å². The van der Waals surface area contributed by atoms with E-state index in [1.165, 1.54) is 18.4 Å². The average Bonchev–Trinajstić information content (AvgIpc) is 2.50. The Morgan fingerprint density at radius 2 is 1.95 bits per heavy atom. The summed E-state index contributed by atoms with van der Waals surface area (Å²) in [5.41, 5.74) is 1.04. The third-order valence-electron chi connectivity index (χ3n) is 4.25. The zero-order chi connectivity index (χ0) is 14.8. The van der Waals surface area contributed by atoms with E-state index in [-0.39, 0.29) is 5.41 Å². The highest BCUT2D eigenvalue weighted by molar-refractivity contribution is 5.59. The SMILES string of the molecule is CCCC/C=C/[C@H](C)[C@](C)(C=O)CCc1ccccc1. The number of aldehydes is 1. The van der Waals surface area contributed by atoms with E-state index >= 15 is 0 Å². The minimum Gasteiger partial charge on any atom is -0.303 e. The Morgan fingerprint density at radius 1 is 1.25 bits per heavy atom. The summed E-state index contributed by atoms with van der Waals surface area (Å²) in [5.74, 6) is 0.292. The van der Waals surface area contributed by atoms with Gasteiger partial charge in [0.05, 0.1) is 0 Å². The molecular formula is C19H28O. The maximum atomic E-state index is 11.5. The van der Waals surface area contributed by atoms with E-state index in [9.17, 15) is 4.79 Å². The van der Waals surface area contributed by atoms with Crippen LogP contribution < -0.4 is 0 Å². The first-order valence-corrected chi connectivity index (χ1v) is 7.79. The molecule has 110 valence electrons. The topological polar surface area (TPSA) is 17.1 Å². The van der Waals surface area contributed by atoms with Gasteiger partial charge in [0.2, 0.25) is 0 Å². The molecule has 0 saturated carbocycles. The van der Waals surface area contributed by atoms with Crippen LogP contribution in [0.5, 0.6) is 0 Å². The fraction of sp³-hybridized carbons (Fsp3) is 0.526. The minimum atomic E-state index is -0.265. The van der Waals surface area contributed by atoms with E-state index in [1.54, 1.807) is 0 Å². The average molecular weight is 272 g/mol. The molecule has 0 saturated heterocycles. The Balaban J connectivity index is 2.56. The molecule has 0 heterocycles. The van der Waals surface area contributed by atoms with Gasteiger partial charge in [-0.1, -0.05) is 76.1 Å². The summed E-state index contributed by atoms with van der Waals surface area (Å²) in [6.07, 6.45) is 11.0. The van der Waals surface area contributed by atoms with Gasteiger partial charge in [0, 0.05) is 5.41 Å². The van der Waals surface area contributed by atoms with Crippen LogP contribution in [0.4, 0.5) is 0 Å². The van der Waals surface area contributed by atoms with Crippen molar-refractivity contribution in [3.8, 4) is 0 Å². The van der Waals surface area contributed by atoms with Gasteiger partial charge in [0.1, 0.15) is 6.29 Å². The molecule has 0 aliphatic carbocycles. The highest BCUT2D eigenvalue weighted by atomic mass is 16.1. The summed E-state index contributed by atoms with van der Waals surface area (Å²) in [4.78, 5) is 11.5. The molecule has 0 fully saturated rings. The Hall–Kier alpha value is -1.37. The highest BCUT2D eigenvalue weighted by Gasteiger charge is 2.28. The molecule has 0 bridgehead atoms. The first-order valence-electron chi connectivity index (χ1n) is 7.79. The lowest BCUT2D eigenvalue weighted by atomic mass is 9.75. The molecule has 0 aromatic heterocycles. The Kier molecular flexibility index (Phi) is 7.28. The monoisotopic (exact) mass is 272 g/mol. The molecule has 1 aromatic rings. The number of aryl methyl sites for hydroxylation is 1. The molecule has 0 aliphatic heterocycles. The van der Waals surface area contributed by atoms with E-state index in [1.807, 2.05) is 6.07 Å². The van der Waals surface area contributed by atoms with Crippen molar-refractivity contribution < 1.29 is 4.79 Å². The van der Waals surface area contributed by atoms with Gasteiger partial charge in [-0.15, -0.1) is 0 Å². The zero-order valence-electron chi connectivity index (χ0n) is 13.1. The van der Waals surface area contributed by atoms with Crippen molar-refractivity contribution in [1.29, 1.82) is 0 Å². The zero-order valence-corrected chi connectivity index (χ0v) is 13.1. The van der Waals surface area contributed by atoms with Gasteiger partial charge >= 0.3 is 0 Å². The maximum Gasteiger partial charge on any atom is 0.126 e. The van der Waals surface area contributed by atoms with E-state index in [4.69, 9.17) is 0 Å². The first kappa shape index (κ1) is 16.7. The van der Waals surface area contributed by atoms with Crippen LogP contribution in [-0.4, -0.2) is 6.29 Å². The molecular weight excluding hydrogens is 244 g/mol. The molecule has 0 aliphatic rings. The molecule has 0 amide bonds. The molecule has 1 aromatic carbocycles. The van der Waals surface area contributed by atoms with Crippen LogP contribution >= 0.6 is 0 Å². The number of rotatable bonds is 9. The first-order chi connectivity index (χ1) is 9.62. The summed E-state index contributed by atoms with van der Waals surface area (Å²) in [5, 5.41) is 0. The quantitative estimate of drug-likeness (QED) is 0.343. The van der Waals surface area contributed by atoms with Crippen molar-refractivity contribution in [2.24, 2.45) is 11.3 Å². The van der Waals surface area contributed by atoms with E-state index < -0.39 is 0 Å². The second-order valence-corrected chi connectivity index (χ2v) is 5.97. The lowest BCUT2D eigenvalue weighted by Gasteiger charge is -2.28. The van der Waals surface area contributed by atoms with Gasteiger partial charge in [-0.25, -0.2) is 0 Å². The molecule has 0 N–H and O–H groups in total.